The average Bonchev–Trinajstić information content (AvgIpc) is 3.09. The monoisotopic (exact) mass is 380 g/mol. The fourth-order valence-electron chi connectivity index (χ4n) is 3.56. The van der Waals surface area contributed by atoms with E-state index in [0.717, 1.165) is 5.38 Å². The standard InChI is InChI=1S/C21H20O5Si/c1-24-19-13-10-14(27(3,4)5)26-20(13)21(25-2)16-15(19)17(22)11-8-6-7-9-12(11)18(16)23/h6-10H,1-5H3. The van der Waals surface area contributed by atoms with Crippen molar-refractivity contribution in [2.45, 2.75) is 19.6 Å². The first-order valence-corrected chi connectivity index (χ1v) is 12.2. The molecule has 2 aromatic carbocycles. The molecule has 0 spiro atoms. The van der Waals surface area contributed by atoms with E-state index in [1.165, 1.54) is 14.2 Å². The zero-order chi connectivity index (χ0) is 19.5. The molecule has 0 saturated carbocycles. The lowest BCUT2D eigenvalue weighted by molar-refractivity contribution is 0.0974. The Labute approximate surface area is 157 Å². The summed E-state index contributed by atoms with van der Waals surface area (Å²) in [5, 5.41) is 1.51. The highest BCUT2D eigenvalue weighted by Crippen LogP contribution is 2.45. The molecule has 0 N–H and O–H groups in total. The van der Waals surface area contributed by atoms with Crippen LogP contribution in [0.4, 0.5) is 0 Å². The van der Waals surface area contributed by atoms with Crippen LogP contribution < -0.4 is 14.9 Å². The summed E-state index contributed by atoms with van der Waals surface area (Å²) in [5.41, 5.74) is 1.65. The van der Waals surface area contributed by atoms with E-state index in [-0.39, 0.29) is 28.4 Å². The number of methoxy groups -OCH3 is 2. The zero-order valence-corrected chi connectivity index (χ0v) is 16.9. The quantitative estimate of drug-likeness (QED) is 0.506. The van der Waals surface area contributed by atoms with E-state index in [1.54, 1.807) is 24.3 Å². The first-order valence-electron chi connectivity index (χ1n) is 8.70. The maximum absolute atomic E-state index is 13.2. The van der Waals surface area contributed by atoms with Gasteiger partial charge in [-0.15, -0.1) is 0 Å². The van der Waals surface area contributed by atoms with Crippen molar-refractivity contribution in [2.75, 3.05) is 14.2 Å². The average molecular weight is 380 g/mol. The van der Waals surface area contributed by atoms with Gasteiger partial charge in [0.1, 0.15) is 13.8 Å². The summed E-state index contributed by atoms with van der Waals surface area (Å²) in [6.07, 6.45) is 0. The molecule has 0 radical (unpaired) electrons. The number of ketones is 2. The normalized spacial score (nSPS) is 13.5. The van der Waals surface area contributed by atoms with Gasteiger partial charge in [0, 0.05) is 11.1 Å². The highest BCUT2D eigenvalue weighted by atomic mass is 28.3. The molecule has 1 aromatic heterocycles. The smallest absolute Gasteiger partial charge is 0.198 e. The Hall–Kier alpha value is -2.86. The molecular formula is C21H20O5Si. The van der Waals surface area contributed by atoms with Crippen molar-refractivity contribution in [2.24, 2.45) is 0 Å². The Balaban J connectivity index is 2.17. The second-order valence-electron chi connectivity index (χ2n) is 7.62. The van der Waals surface area contributed by atoms with Gasteiger partial charge in [0.15, 0.2) is 22.9 Å². The molecule has 0 aliphatic heterocycles. The number of carbonyl (C=O) groups is 2. The van der Waals surface area contributed by atoms with Gasteiger partial charge in [0.25, 0.3) is 0 Å². The van der Waals surface area contributed by atoms with Crippen LogP contribution in [-0.4, -0.2) is 33.9 Å². The van der Waals surface area contributed by atoms with Gasteiger partial charge < -0.3 is 13.9 Å². The molecule has 6 heteroatoms. The number of rotatable bonds is 3. The summed E-state index contributed by atoms with van der Waals surface area (Å²) >= 11 is 0. The molecule has 138 valence electrons. The van der Waals surface area contributed by atoms with Crippen molar-refractivity contribution in [3.63, 3.8) is 0 Å². The molecule has 5 nitrogen and oxygen atoms in total. The molecular weight excluding hydrogens is 360 g/mol. The molecule has 0 amide bonds. The second-order valence-corrected chi connectivity index (χ2v) is 12.6. The molecule has 3 aromatic rings. The fraction of sp³-hybridized carbons (Fsp3) is 0.238. The van der Waals surface area contributed by atoms with E-state index in [0.29, 0.717) is 27.8 Å². The Kier molecular flexibility index (Phi) is 3.78. The summed E-state index contributed by atoms with van der Waals surface area (Å²) in [5.74, 6) is 0.149. The van der Waals surface area contributed by atoms with E-state index >= 15 is 0 Å². The van der Waals surface area contributed by atoms with Crippen molar-refractivity contribution < 1.29 is 23.5 Å². The highest BCUT2D eigenvalue weighted by molar-refractivity contribution is 6.87. The van der Waals surface area contributed by atoms with Crippen molar-refractivity contribution in [3.8, 4) is 11.5 Å². The van der Waals surface area contributed by atoms with E-state index in [1.807, 2.05) is 6.07 Å². The Morgan fingerprint density at radius 1 is 0.852 bits per heavy atom. The van der Waals surface area contributed by atoms with Crippen LogP contribution in [0, 0.1) is 0 Å². The molecule has 0 saturated heterocycles. The molecule has 0 fully saturated rings. The number of ether oxygens (including phenoxy) is 2. The van der Waals surface area contributed by atoms with Crippen LogP contribution in [-0.2, 0) is 0 Å². The predicted molar refractivity (Wildman–Crippen MR) is 106 cm³/mol. The molecule has 1 aliphatic rings. The molecule has 1 heterocycles. The number of carbonyl (C=O) groups excluding carboxylic acids is 2. The Morgan fingerprint density at radius 3 is 1.85 bits per heavy atom. The summed E-state index contributed by atoms with van der Waals surface area (Å²) in [4.78, 5) is 26.5. The molecule has 1 aliphatic carbocycles. The Bertz CT molecular complexity index is 1040. The number of benzene rings is 2. The predicted octanol–water partition coefficient (Wildman–Crippen LogP) is 3.77. The SMILES string of the molecule is COc1c2c(c(OC)c3oc([Si](C)(C)C)cc13)C(=O)c1ccccc1C2=O. The molecule has 27 heavy (non-hydrogen) atoms. The van der Waals surface area contributed by atoms with Crippen LogP contribution in [0.25, 0.3) is 11.0 Å². The number of furan rings is 1. The van der Waals surface area contributed by atoms with Crippen LogP contribution in [0.5, 0.6) is 11.5 Å². The van der Waals surface area contributed by atoms with Gasteiger partial charge in [-0.2, -0.15) is 0 Å². The van der Waals surface area contributed by atoms with E-state index in [4.69, 9.17) is 13.9 Å². The van der Waals surface area contributed by atoms with Gasteiger partial charge in [-0.25, -0.2) is 0 Å². The highest BCUT2D eigenvalue weighted by Gasteiger charge is 2.38. The van der Waals surface area contributed by atoms with Crippen LogP contribution in [0.1, 0.15) is 31.8 Å². The molecule has 0 bridgehead atoms. The lowest BCUT2D eigenvalue weighted by Crippen LogP contribution is -2.36. The summed E-state index contributed by atoms with van der Waals surface area (Å²) in [6.45, 7) is 6.49. The van der Waals surface area contributed by atoms with Gasteiger partial charge in [0.2, 0.25) is 0 Å². The summed E-state index contributed by atoms with van der Waals surface area (Å²) in [6, 6.07) is 8.73. The van der Waals surface area contributed by atoms with Crippen molar-refractivity contribution in [1.82, 2.24) is 0 Å². The second kappa shape index (κ2) is 5.82. The lowest BCUT2D eigenvalue weighted by atomic mass is 9.82. The van der Waals surface area contributed by atoms with Gasteiger partial charge in [-0.05, 0) is 6.07 Å². The summed E-state index contributed by atoms with van der Waals surface area (Å²) < 4.78 is 17.3. The third-order valence-electron chi connectivity index (χ3n) is 4.90. The Morgan fingerprint density at radius 2 is 1.37 bits per heavy atom. The first-order chi connectivity index (χ1) is 12.8. The minimum atomic E-state index is -1.77. The molecule has 4 rings (SSSR count). The van der Waals surface area contributed by atoms with Crippen molar-refractivity contribution in [3.05, 3.63) is 52.6 Å². The first kappa shape index (κ1) is 17.5. The number of hydrogen-bond acceptors (Lipinski definition) is 5. The van der Waals surface area contributed by atoms with E-state index in [9.17, 15) is 9.59 Å². The van der Waals surface area contributed by atoms with Gasteiger partial charge in [-0.3, -0.25) is 9.59 Å². The van der Waals surface area contributed by atoms with Crippen LogP contribution in [0.3, 0.4) is 0 Å². The fourth-order valence-corrected chi connectivity index (χ4v) is 4.55. The van der Waals surface area contributed by atoms with Crippen LogP contribution in [0.15, 0.2) is 34.7 Å². The summed E-state index contributed by atoms with van der Waals surface area (Å²) in [7, 11) is 1.21. The van der Waals surface area contributed by atoms with E-state index in [2.05, 4.69) is 19.6 Å². The van der Waals surface area contributed by atoms with Crippen molar-refractivity contribution in [1.29, 1.82) is 0 Å². The van der Waals surface area contributed by atoms with Crippen LogP contribution in [0.2, 0.25) is 19.6 Å². The minimum absolute atomic E-state index is 0.210. The van der Waals surface area contributed by atoms with Gasteiger partial charge in [0.05, 0.1) is 36.1 Å². The third kappa shape index (κ3) is 2.36. The van der Waals surface area contributed by atoms with Gasteiger partial charge >= 0.3 is 0 Å². The maximum atomic E-state index is 13.2. The van der Waals surface area contributed by atoms with E-state index < -0.39 is 8.07 Å². The topological polar surface area (TPSA) is 65.7 Å². The zero-order valence-electron chi connectivity index (χ0n) is 15.9. The number of hydrogen-bond donors (Lipinski definition) is 0. The largest absolute Gasteiger partial charge is 0.495 e. The van der Waals surface area contributed by atoms with Crippen molar-refractivity contribution >= 4 is 36.0 Å². The number of fused-ring (bicyclic) bond motifs is 3. The van der Waals surface area contributed by atoms with Crippen LogP contribution >= 0.6 is 0 Å². The lowest BCUT2D eigenvalue weighted by Gasteiger charge is -2.22. The maximum Gasteiger partial charge on any atom is 0.198 e. The third-order valence-corrected chi connectivity index (χ3v) is 6.63. The van der Waals surface area contributed by atoms with Gasteiger partial charge in [-0.1, -0.05) is 43.9 Å². The minimum Gasteiger partial charge on any atom is -0.495 e. The molecule has 0 atom stereocenters. The molecule has 0 unspecified atom stereocenters.